The molecular weight excluding hydrogens is 234 g/mol. The summed E-state index contributed by atoms with van der Waals surface area (Å²) >= 11 is 0. The van der Waals surface area contributed by atoms with Gasteiger partial charge < -0.3 is 10.1 Å². The largest absolute Gasteiger partial charge is 0.489 e. The lowest BCUT2D eigenvalue weighted by Gasteiger charge is -2.16. The molecular formula is C17H25NO. The second-order valence-electron chi connectivity index (χ2n) is 5.56. The lowest BCUT2D eigenvalue weighted by Crippen LogP contribution is -2.23. The number of benzene rings is 1. The molecule has 1 N–H and O–H groups in total. The van der Waals surface area contributed by atoms with Gasteiger partial charge in [0.05, 0.1) is 0 Å². The van der Waals surface area contributed by atoms with E-state index in [1.807, 2.05) is 12.1 Å². The van der Waals surface area contributed by atoms with Crippen molar-refractivity contribution < 1.29 is 4.74 Å². The molecule has 2 rings (SSSR count). The monoisotopic (exact) mass is 259 g/mol. The molecule has 0 aromatic heterocycles. The fourth-order valence-electron chi connectivity index (χ4n) is 2.62. The molecule has 0 unspecified atom stereocenters. The second-order valence-corrected chi connectivity index (χ2v) is 5.56. The fraction of sp³-hybridized carbons (Fsp3) is 0.529. The van der Waals surface area contributed by atoms with Crippen LogP contribution in [0.2, 0.25) is 0 Å². The van der Waals surface area contributed by atoms with E-state index in [0.717, 1.165) is 18.8 Å². The predicted molar refractivity (Wildman–Crippen MR) is 80.4 cm³/mol. The summed E-state index contributed by atoms with van der Waals surface area (Å²) in [5, 5.41) is 3.60. The Kier molecular flexibility index (Phi) is 5.03. The molecule has 0 amide bonds. The zero-order valence-corrected chi connectivity index (χ0v) is 12.0. The van der Waals surface area contributed by atoms with E-state index in [1.54, 1.807) is 6.08 Å². The normalized spacial score (nSPS) is 16.1. The first-order valence-electron chi connectivity index (χ1n) is 7.32. The van der Waals surface area contributed by atoms with Gasteiger partial charge in [-0.15, -0.1) is 0 Å². The first kappa shape index (κ1) is 14.1. The van der Waals surface area contributed by atoms with Crippen molar-refractivity contribution in [2.45, 2.75) is 39.2 Å². The van der Waals surface area contributed by atoms with Crippen LogP contribution in [0, 0.1) is 5.41 Å². The molecule has 1 fully saturated rings. The Morgan fingerprint density at radius 1 is 1.37 bits per heavy atom. The van der Waals surface area contributed by atoms with E-state index in [9.17, 15) is 0 Å². The van der Waals surface area contributed by atoms with Gasteiger partial charge in [0.15, 0.2) is 0 Å². The molecule has 1 aliphatic rings. The first-order chi connectivity index (χ1) is 9.29. The van der Waals surface area contributed by atoms with Gasteiger partial charge in [0.1, 0.15) is 12.4 Å². The van der Waals surface area contributed by atoms with Crippen molar-refractivity contribution in [1.82, 2.24) is 5.32 Å². The Hall–Kier alpha value is -1.28. The molecule has 0 bridgehead atoms. The van der Waals surface area contributed by atoms with Gasteiger partial charge in [-0.1, -0.05) is 44.2 Å². The van der Waals surface area contributed by atoms with Crippen LogP contribution in [-0.2, 0) is 6.54 Å². The quantitative estimate of drug-likeness (QED) is 0.679. The van der Waals surface area contributed by atoms with E-state index >= 15 is 0 Å². The third kappa shape index (κ3) is 4.10. The highest BCUT2D eigenvalue weighted by atomic mass is 16.5. The summed E-state index contributed by atoms with van der Waals surface area (Å²) in [6.07, 6.45) is 7.21. The van der Waals surface area contributed by atoms with Crippen LogP contribution in [0.3, 0.4) is 0 Å². The average Bonchev–Trinajstić information content (AvgIpc) is 3.18. The predicted octanol–water partition coefficient (Wildman–Crippen LogP) is 3.92. The molecule has 0 heterocycles. The van der Waals surface area contributed by atoms with Crippen LogP contribution >= 0.6 is 0 Å². The van der Waals surface area contributed by atoms with Gasteiger partial charge in [-0.05, 0) is 30.7 Å². The average molecular weight is 259 g/mol. The number of hydrogen-bond acceptors (Lipinski definition) is 2. The second kappa shape index (κ2) is 6.76. The van der Waals surface area contributed by atoms with Crippen molar-refractivity contribution >= 4 is 0 Å². The zero-order chi connectivity index (χ0) is 13.6. The molecule has 19 heavy (non-hydrogen) atoms. The summed E-state index contributed by atoms with van der Waals surface area (Å²) in [4.78, 5) is 0. The molecule has 1 aromatic carbocycles. The Balaban J connectivity index is 1.83. The Morgan fingerprint density at radius 2 is 2.16 bits per heavy atom. The molecule has 0 atom stereocenters. The summed E-state index contributed by atoms with van der Waals surface area (Å²) in [7, 11) is 0. The maximum absolute atomic E-state index is 5.67. The fourth-order valence-corrected chi connectivity index (χ4v) is 2.62. The Morgan fingerprint density at radius 3 is 2.84 bits per heavy atom. The number of nitrogens with one attached hydrogen (secondary N) is 1. The van der Waals surface area contributed by atoms with Crippen LogP contribution < -0.4 is 10.1 Å². The number of ether oxygens (including phenoxy) is 1. The summed E-state index contributed by atoms with van der Waals surface area (Å²) in [5.41, 5.74) is 1.84. The van der Waals surface area contributed by atoms with Gasteiger partial charge in [-0.2, -0.15) is 0 Å². The highest BCUT2D eigenvalue weighted by Gasteiger charge is 2.40. The van der Waals surface area contributed by atoms with Crippen LogP contribution in [0.1, 0.15) is 38.2 Å². The lowest BCUT2D eigenvalue weighted by molar-refractivity contribution is 0.355. The van der Waals surface area contributed by atoms with E-state index in [2.05, 4.69) is 31.0 Å². The molecule has 0 aliphatic heterocycles. The van der Waals surface area contributed by atoms with Crippen LogP contribution in [-0.4, -0.2) is 13.2 Å². The first-order valence-corrected chi connectivity index (χ1v) is 7.32. The van der Waals surface area contributed by atoms with Crippen LogP contribution in [0.15, 0.2) is 36.9 Å². The van der Waals surface area contributed by atoms with E-state index in [4.69, 9.17) is 4.74 Å². The molecule has 2 heteroatoms. The molecule has 2 nitrogen and oxygen atoms in total. The SMILES string of the molecule is C=CCOc1ccccc1CNCC1(CCC)CC1. The van der Waals surface area contributed by atoms with E-state index in [-0.39, 0.29) is 0 Å². The molecule has 0 spiro atoms. The maximum atomic E-state index is 5.67. The highest BCUT2D eigenvalue weighted by Crippen LogP contribution is 2.48. The minimum atomic E-state index is 0.566. The van der Waals surface area contributed by atoms with Crippen molar-refractivity contribution in [3.8, 4) is 5.75 Å². The van der Waals surface area contributed by atoms with Crippen molar-refractivity contribution in [2.75, 3.05) is 13.2 Å². The number of hydrogen-bond donors (Lipinski definition) is 1. The maximum Gasteiger partial charge on any atom is 0.124 e. The molecule has 1 aliphatic carbocycles. The summed E-state index contributed by atoms with van der Waals surface area (Å²) in [6.45, 7) is 8.55. The third-order valence-electron chi connectivity index (χ3n) is 3.88. The summed E-state index contributed by atoms with van der Waals surface area (Å²) in [5.74, 6) is 0.968. The van der Waals surface area contributed by atoms with Crippen molar-refractivity contribution in [2.24, 2.45) is 5.41 Å². The minimum Gasteiger partial charge on any atom is -0.489 e. The topological polar surface area (TPSA) is 21.3 Å². The highest BCUT2D eigenvalue weighted by molar-refractivity contribution is 5.33. The van der Waals surface area contributed by atoms with E-state index in [0.29, 0.717) is 12.0 Å². The Bertz CT molecular complexity index is 409. The van der Waals surface area contributed by atoms with Gasteiger partial charge >= 0.3 is 0 Å². The standard InChI is InChI=1S/C17H25NO/c1-3-9-17(10-11-17)14-18-13-15-7-5-6-8-16(15)19-12-4-2/h4-8,18H,2-3,9-14H2,1H3. The molecule has 104 valence electrons. The van der Waals surface area contributed by atoms with Gasteiger partial charge in [0.2, 0.25) is 0 Å². The van der Waals surface area contributed by atoms with Gasteiger partial charge in [-0.3, -0.25) is 0 Å². The molecule has 1 aromatic rings. The summed E-state index contributed by atoms with van der Waals surface area (Å²) < 4.78 is 5.67. The van der Waals surface area contributed by atoms with Crippen molar-refractivity contribution in [3.05, 3.63) is 42.5 Å². The van der Waals surface area contributed by atoms with Crippen molar-refractivity contribution in [3.63, 3.8) is 0 Å². The number of rotatable bonds is 9. The van der Waals surface area contributed by atoms with Crippen LogP contribution in [0.25, 0.3) is 0 Å². The van der Waals surface area contributed by atoms with Gasteiger partial charge in [-0.25, -0.2) is 0 Å². The smallest absolute Gasteiger partial charge is 0.124 e. The zero-order valence-electron chi connectivity index (χ0n) is 12.0. The van der Waals surface area contributed by atoms with Crippen LogP contribution in [0.4, 0.5) is 0 Å². The summed E-state index contributed by atoms with van der Waals surface area (Å²) in [6, 6.07) is 8.24. The van der Waals surface area contributed by atoms with Gasteiger partial charge in [0.25, 0.3) is 0 Å². The third-order valence-corrected chi connectivity index (χ3v) is 3.88. The van der Waals surface area contributed by atoms with Crippen LogP contribution in [0.5, 0.6) is 5.75 Å². The van der Waals surface area contributed by atoms with Crippen molar-refractivity contribution in [1.29, 1.82) is 0 Å². The van der Waals surface area contributed by atoms with E-state index in [1.165, 1.54) is 31.2 Å². The van der Waals surface area contributed by atoms with Gasteiger partial charge in [0, 0.05) is 18.7 Å². The molecule has 0 saturated heterocycles. The lowest BCUT2D eigenvalue weighted by atomic mass is 10.0. The van der Waals surface area contributed by atoms with E-state index < -0.39 is 0 Å². The molecule has 0 radical (unpaired) electrons. The molecule has 1 saturated carbocycles. The number of para-hydroxylation sites is 1. The minimum absolute atomic E-state index is 0.566. The Labute approximate surface area is 116 Å².